The number of anilines is 1. The van der Waals surface area contributed by atoms with Crippen molar-refractivity contribution in [1.82, 2.24) is 4.90 Å². The Kier molecular flexibility index (Phi) is 5.16. The summed E-state index contributed by atoms with van der Waals surface area (Å²) in [5, 5.41) is 10.2. The van der Waals surface area contributed by atoms with Gasteiger partial charge in [0.2, 0.25) is 0 Å². The fraction of sp³-hybridized carbons (Fsp3) is 0.294. The van der Waals surface area contributed by atoms with Crippen LogP contribution >= 0.6 is 0 Å². The number of nitrogens with two attached hydrogens (primary N) is 1. The Morgan fingerprint density at radius 1 is 1.05 bits per heavy atom. The molecule has 1 unspecified atom stereocenters. The minimum Gasteiger partial charge on any atom is -0.399 e. The second-order valence-corrected chi connectivity index (χ2v) is 5.19. The van der Waals surface area contributed by atoms with Crippen molar-refractivity contribution in [3.8, 4) is 0 Å². The molecule has 2 aromatic rings. The van der Waals surface area contributed by atoms with Gasteiger partial charge in [0, 0.05) is 18.8 Å². The predicted molar refractivity (Wildman–Crippen MR) is 83.2 cm³/mol. The van der Waals surface area contributed by atoms with Crippen LogP contribution in [0.1, 0.15) is 23.7 Å². The van der Waals surface area contributed by atoms with Crippen molar-refractivity contribution in [2.45, 2.75) is 19.1 Å². The molecule has 0 amide bonds. The van der Waals surface area contributed by atoms with E-state index < -0.39 is 6.10 Å². The third-order valence-corrected chi connectivity index (χ3v) is 3.40. The normalized spacial score (nSPS) is 12.6. The molecule has 0 aliphatic heterocycles. The topological polar surface area (TPSA) is 49.5 Å². The van der Waals surface area contributed by atoms with Crippen LogP contribution in [-0.4, -0.2) is 23.6 Å². The quantitative estimate of drug-likeness (QED) is 0.794. The van der Waals surface area contributed by atoms with Crippen LogP contribution in [0.5, 0.6) is 0 Å². The molecule has 0 aliphatic rings. The maximum atomic E-state index is 10.2. The summed E-state index contributed by atoms with van der Waals surface area (Å²) in [4.78, 5) is 2.22. The van der Waals surface area contributed by atoms with Crippen molar-refractivity contribution in [2.24, 2.45) is 0 Å². The summed E-state index contributed by atoms with van der Waals surface area (Å²) in [5.74, 6) is 0. The molecule has 0 aromatic heterocycles. The highest BCUT2D eigenvalue weighted by molar-refractivity contribution is 5.39. The highest BCUT2D eigenvalue weighted by Gasteiger charge is 2.09. The summed E-state index contributed by atoms with van der Waals surface area (Å²) in [6, 6.07) is 17.8. The highest BCUT2D eigenvalue weighted by Crippen LogP contribution is 2.18. The lowest BCUT2D eigenvalue weighted by Crippen LogP contribution is -2.20. The summed E-state index contributed by atoms with van der Waals surface area (Å²) in [5.41, 5.74) is 8.58. The van der Waals surface area contributed by atoms with Gasteiger partial charge < -0.3 is 15.7 Å². The number of rotatable bonds is 6. The highest BCUT2D eigenvalue weighted by atomic mass is 16.3. The maximum absolute atomic E-state index is 10.2. The molecule has 0 bridgehead atoms. The second-order valence-electron chi connectivity index (χ2n) is 5.19. The first-order chi connectivity index (χ1) is 9.65. The van der Waals surface area contributed by atoms with Gasteiger partial charge in [-0.25, -0.2) is 0 Å². The first-order valence-corrected chi connectivity index (χ1v) is 6.91. The molecular weight excluding hydrogens is 248 g/mol. The summed E-state index contributed by atoms with van der Waals surface area (Å²) in [7, 11) is 2.07. The number of aliphatic hydroxyl groups is 1. The smallest absolute Gasteiger partial charge is 0.0802 e. The zero-order valence-corrected chi connectivity index (χ0v) is 11.9. The fourth-order valence-electron chi connectivity index (χ4n) is 2.20. The van der Waals surface area contributed by atoms with E-state index in [1.165, 1.54) is 5.56 Å². The van der Waals surface area contributed by atoms with E-state index in [0.29, 0.717) is 6.42 Å². The van der Waals surface area contributed by atoms with Gasteiger partial charge in [0.15, 0.2) is 0 Å². The van der Waals surface area contributed by atoms with Crippen molar-refractivity contribution < 1.29 is 5.11 Å². The van der Waals surface area contributed by atoms with Gasteiger partial charge in [-0.05, 0) is 36.7 Å². The third-order valence-electron chi connectivity index (χ3n) is 3.40. The molecule has 0 heterocycles. The fourth-order valence-corrected chi connectivity index (χ4v) is 2.20. The third kappa shape index (κ3) is 4.37. The molecule has 0 saturated carbocycles. The molecule has 3 heteroatoms. The zero-order valence-electron chi connectivity index (χ0n) is 11.9. The Morgan fingerprint density at radius 3 is 2.35 bits per heavy atom. The minimum absolute atomic E-state index is 0.436. The van der Waals surface area contributed by atoms with E-state index in [2.05, 4.69) is 24.1 Å². The Balaban J connectivity index is 1.81. The van der Waals surface area contributed by atoms with Crippen LogP contribution in [0.4, 0.5) is 5.69 Å². The van der Waals surface area contributed by atoms with Gasteiger partial charge in [-0.2, -0.15) is 0 Å². The van der Waals surface area contributed by atoms with Crippen LogP contribution in [0, 0.1) is 0 Å². The van der Waals surface area contributed by atoms with Gasteiger partial charge in [-0.1, -0.05) is 42.5 Å². The van der Waals surface area contributed by atoms with Gasteiger partial charge in [0.25, 0.3) is 0 Å². The lowest BCUT2D eigenvalue weighted by atomic mass is 10.1. The largest absolute Gasteiger partial charge is 0.399 e. The number of benzene rings is 2. The standard InChI is InChI=1S/C17H22N2O/c1-19(13-14-5-3-2-4-6-14)12-11-17(20)15-7-9-16(18)10-8-15/h2-10,17,20H,11-13,18H2,1H3. The Bertz CT molecular complexity index is 510. The molecule has 20 heavy (non-hydrogen) atoms. The first-order valence-electron chi connectivity index (χ1n) is 6.91. The average Bonchev–Trinajstić information content (AvgIpc) is 2.46. The predicted octanol–water partition coefficient (Wildman–Crippen LogP) is 2.82. The van der Waals surface area contributed by atoms with Crippen molar-refractivity contribution in [2.75, 3.05) is 19.3 Å². The summed E-state index contributed by atoms with van der Waals surface area (Å²) >= 11 is 0. The van der Waals surface area contributed by atoms with Crippen LogP contribution < -0.4 is 5.73 Å². The lowest BCUT2D eigenvalue weighted by molar-refractivity contribution is 0.147. The van der Waals surface area contributed by atoms with Gasteiger partial charge in [-0.15, -0.1) is 0 Å². The van der Waals surface area contributed by atoms with E-state index >= 15 is 0 Å². The summed E-state index contributed by atoms with van der Waals surface area (Å²) in [6.07, 6.45) is 0.279. The van der Waals surface area contributed by atoms with Gasteiger partial charge in [0.1, 0.15) is 0 Å². The van der Waals surface area contributed by atoms with Crippen LogP contribution in [0.2, 0.25) is 0 Å². The van der Waals surface area contributed by atoms with Crippen molar-refractivity contribution in [1.29, 1.82) is 0 Å². The van der Waals surface area contributed by atoms with Crippen LogP contribution in [0.25, 0.3) is 0 Å². The van der Waals surface area contributed by atoms with Gasteiger partial charge in [0.05, 0.1) is 6.10 Å². The van der Waals surface area contributed by atoms with Gasteiger partial charge in [-0.3, -0.25) is 0 Å². The van der Waals surface area contributed by atoms with Gasteiger partial charge >= 0.3 is 0 Å². The second kappa shape index (κ2) is 7.08. The molecule has 0 saturated heterocycles. The molecule has 0 spiro atoms. The number of nitrogen functional groups attached to an aromatic ring is 1. The molecule has 2 rings (SSSR count). The summed E-state index contributed by atoms with van der Waals surface area (Å²) in [6.45, 7) is 1.75. The van der Waals surface area contributed by atoms with E-state index in [0.717, 1.165) is 24.3 Å². The Morgan fingerprint density at radius 2 is 1.70 bits per heavy atom. The maximum Gasteiger partial charge on any atom is 0.0802 e. The molecule has 0 fully saturated rings. The summed E-state index contributed by atoms with van der Waals surface area (Å²) < 4.78 is 0. The first kappa shape index (κ1) is 14.6. The van der Waals surface area contributed by atoms with Crippen molar-refractivity contribution in [3.63, 3.8) is 0 Å². The van der Waals surface area contributed by atoms with E-state index in [9.17, 15) is 5.11 Å². The molecule has 106 valence electrons. The molecule has 3 N–H and O–H groups in total. The van der Waals surface area contributed by atoms with Crippen LogP contribution in [0.3, 0.4) is 0 Å². The molecule has 1 atom stereocenters. The Hall–Kier alpha value is -1.84. The van der Waals surface area contributed by atoms with E-state index in [1.54, 1.807) is 0 Å². The average molecular weight is 270 g/mol. The molecule has 3 nitrogen and oxygen atoms in total. The molecule has 0 aliphatic carbocycles. The monoisotopic (exact) mass is 270 g/mol. The van der Waals surface area contributed by atoms with E-state index in [-0.39, 0.29) is 0 Å². The van der Waals surface area contributed by atoms with Crippen LogP contribution in [0.15, 0.2) is 54.6 Å². The van der Waals surface area contributed by atoms with E-state index in [4.69, 9.17) is 5.73 Å². The number of aliphatic hydroxyl groups excluding tert-OH is 1. The SMILES string of the molecule is CN(CCC(O)c1ccc(N)cc1)Cc1ccccc1. The van der Waals surface area contributed by atoms with Crippen LogP contribution in [-0.2, 0) is 6.54 Å². The number of hydrogen-bond donors (Lipinski definition) is 2. The van der Waals surface area contributed by atoms with E-state index in [1.807, 2.05) is 42.5 Å². The molecule has 0 radical (unpaired) electrons. The molecular formula is C17H22N2O. The number of hydrogen-bond acceptors (Lipinski definition) is 3. The minimum atomic E-state index is -0.436. The number of nitrogens with zero attached hydrogens (tertiary/aromatic N) is 1. The zero-order chi connectivity index (χ0) is 14.4. The Labute approximate surface area is 120 Å². The van der Waals surface area contributed by atoms with Crippen molar-refractivity contribution in [3.05, 3.63) is 65.7 Å². The molecule has 2 aromatic carbocycles. The van der Waals surface area contributed by atoms with Crippen molar-refractivity contribution >= 4 is 5.69 Å². The lowest BCUT2D eigenvalue weighted by Gasteiger charge is -2.19.